The standard InChI is InChI=1S/C36H34F2N2O2.C35H34F2N2O2/c37-31-16-12-27(13-17-31)26-8-10-29(11-9-26)34(41)40-22-20-36(21-23-40,30-14-18-32(38)19-15-30)35(42)39-33(24-25-6-7-25)28-4-2-1-3-5-28;1-24(2)32(27-6-4-3-5-7-27)38-34(41)35(29-14-18-31(37)19-15-29)20-22-39(23-21-35)33(40)28-10-8-25(9-11-28)26-12-16-30(36)17-13-26/h1-5,8-19,25,33H,6-7,20-24H2,(H,39,42);3-19,24,32H,20-23H2,1-2H3,(H,38,41). The lowest BCUT2D eigenvalue weighted by atomic mass is 9.71. The quantitative estimate of drug-likeness (QED) is 0.0999. The molecule has 2 atom stereocenters. The van der Waals surface area contributed by atoms with Gasteiger partial charge in [0.2, 0.25) is 11.8 Å². The van der Waals surface area contributed by atoms with Crippen LogP contribution in [0.15, 0.2) is 206 Å². The Morgan fingerprint density at radius 2 is 0.759 bits per heavy atom. The second kappa shape index (κ2) is 25.7. The number of nitrogens with one attached hydrogen (secondary N) is 2. The van der Waals surface area contributed by atoms with Crippen LogP contribution in [0.1, 0.15) is 114 Å². The van der Waals surface area contributed by atoms with Crippen LogP contribution in [0, 0.1) is 35.1 Å². The van der Waals surface area contributed by atoms with Gasteiger partial charge in [0, 0.05) is 37.3 Å². The Labute approximate surface area is 483 Å². The smallest absolute Gasteiger partial charge is 0.253 e. The summed E-state index contributed by atoms with van der Waals surface area (Å²) in [5, 5.41) is 6.67. The molecule has 8 aromatic carbocycles. The molecule has 11 rings (SSSR count). The molecule has 0 spiro atoms. The molecule has 0 aromatic heterocycles. The van der Waals surface area contributed by atoms with Gasteiger partial charge in [-0.25, -0.2) is 17.6 Å². The third-order valence-corrected chi connectivity index (χ3v) is 17.0. The molecular formula is C71H68F4N4O4. The molecule has 1 saturated carbocycles. The van der Waals surface area contributed by atoms with Crippen LogP contribution in [0.2, 0.25) is 0 Å². The zero-order valence-corrected chi connectivity index (χ0v) is 46.8. The zero-order valence-electron chi connectivity index (χ0n) is 46.8. The van der Waals surface area contributed by atoms with E-state index in [2.05, 4.69) is 36.6 Å². The van der Waals surface area contributed by atoms with Crippen molar-refractivity contribution >= 4 is 23.6 Å². The summed E-state index contributed by atoms with van der Waals surface area (Å²) < 4.78 is 54.4. The first-order valence-electron chi connectivity index (χ1n) is 28.7. The summed E-state index contributed by atoms with van der Waals surface area (Å²) in [6.07, 6.45) is 4.98. The predicted octanol–water partition coefficient (Wildman–Crippen LogP) is 14.8. The summed E-state index contributed by atoms with van der Waals surface area (Å²) >= 11 is 0. The number of piperidine rings is 2. The Morgan fingerprint density at radius 1 is 0.434 bits per heavy atom. The molecular weight excluding hydrogens is 1050 g/mol. The minimum atomic E-state index is -0.890. The maximum Gasteiger partial charge on any atom is 0.253 e. The summed E-state index contributed by atoms with van der Waals surface area (Å²) in [7, 11) is 0. The lowest BCUT2D eigenvalue weighted by molar-refractivity contribution is -0.130. The number of benzene rings is 8. The van der Waals surface area contributed by atoms with E-state index < -0.39 is 10.8 Å². The molecule has 3 fully saturated rings. The van der Waals surface area contributed by atoms with Crippen LogP contribution in [-0.4, -0.2) is 59.6 Å². The van der Waals surface area contributed by atoms with Crippen molar-refractivity contribution in [2.75, 3.05) is 26.2 Å². The van der Waals surface area contributed by atoms with Gasteiger partial charge in [-0.1, -0.05) is 160 Å². The van der Waals surface area contributed by atoms with E-state index in [1.165, 1.54) is 61.4 Å². The second-order valence-corrected chi connectivity index (χ2v) is 22.7. The number of likely N-dealkylation sites (tertiary alicyclic amines) is 2. The van der Waals surface area contributed by atoms with Gasteiger partial charge in [-0.2, -0.15) is 0 Å². The number of nitrogens with zero attached hydrogens (tertiary/aromatic N) is 2. The van der Waals surface area contributed by atoms with Crippen LogP contribution in [0.3, 0.4) is 0 Å². The topological polar surface area (TPSA) is 98.8 Å². The molecule has 1 aliphatic carbocycles. The van der Waals surface area contributed by atoms with E-state index in [-0.39, 0.29) is 64.9 Å². The Balaban J connectivity index is 0.000000185. The fraction of sp³-hybridized carbons (Fsp3) is 0.268. The highest BCUT2D eigenvalue weighted by atomic mass is 19.1. The van der Waals surface area contributed by atoms with Crippen molar-refractivity contribution in [1.29, 1.82) is 0 Å². The summed E-state index contributed by atoms with van der Waals surface area (Å²) in [6.45, 7) is 5.74. The van der Waals surface area contributed by atoms with Gasteiger partial charge < -0.3 is 20.4 Å². The molecule has 2 aliphatic heterocycles. The monoisotopic (exact) mass is 1120 g/mol. The Bertz CT molecular complexity index is 3470. The van der Waals surface area contributed by atoms with E-state index in [9.17, 15) is 36.7 Å². The molecule has 2 unspecified atom stereocenters. The molecule has 0 radical (unpaired) electrons. The average molecular weight is 1120 g/mol. The van der Waals surface area contributed by atoms with Crippen LogP contribution in [0.25, 0.3) is 22.3 Å². The molecule has 12 heteroatoms. The van der Waals surface area contributed by atoms with Crippen molar-refractivity contribution in [3.05, 3.63) is 263 Å². The Morgan fingerprint density at radius 3 is 1.11 bits per heavy atom. The van der Waals surface area contributed by atoms with Gasteiger partial charge in [-0.3, -0.25) is 19.2 Å². The fourth-order valence-electron chi connectivity index (χ4n) is 11.8. The molecule has 2 saturated heterocycles. The van der Waals surface area contributed by atoms with Gasteiger partial charge in [0.15, 0.2) is 0 Å². The normalized spacial score (nSPS) is 16.2. The number of amides is 4. The lowest BCUT2D eigenvalue weighted by Gasteiger charge is -2.42. The predicted molar refractivity (Wildman–Crippen MR) is 317 cm³/mol. The number of hydrogen-bond donors (Lipinski definition) is 2. The van der Waals surface area contributed by atoms with Crippen molar-refractivity contribution in [2.45, 2.75) is 81.7 Å². The highest BCUT2D eigenvalue weighted by Gasteiger charge is 2.46. The van der Waals surface area contributed by atoms with Crippen molar-refractivity contribution in [3.63, 3.8) is 0 Å². The maximum atomic E-state index is 14.2. The van der Waals surface area contributed by atoms with Crippen LogP contribution in [0.5, 0.6) is 0 Å². The molecule has 4 amide bonds. The van der Waals surface area contributed by atoms with Crippen LogP contribution in [0.4, 0.5) is 17.6 Å². The lowest BCUT2D eigenvalue weighted by Crippen LogP contribution is -2.53. The van der Waals surface area contributed by atoms with Crippen LogP contribution >= 0.6 is 0 Å². The van der Waals surface area contributed by atoms with E-state index in [0.29, 0.717) is 68.9 Å². The first-order valence-corrected chi connectivity index (χ1v) is 28.7. The van der Waals surface area contributed by atoms with Crippen LogP contribution in [-0.2, 0) is 20.4 Å². The maximum absolute atomic E-state index is 14.2. The summed E-state index contributed by atoms with van der Waals surface area (Å²) in [6, 6.07) is 59.2. The number of halogens is 4. The minimum Gasteiger partial charge on any atom is -0.349 e. The molecule has 8 nitrogen and oxygen atoms in total. The number of carbonyl (C=O) groups is 4. The summed E-state index contributed by atoms with van der Waals surface area (Å²) in [5.74, 6) is -0.889. The van der Waals surface area contributed by atoms with Crippen LogP contribution < -0.4 is 10.6 Å². The Hall–Kier alpha value is -8.64. The largest absolute Gasteiger partial charge is 0.349 e. The highest BCUT2D eigenvalue weighted by molar-refractivity contribution is 5.96. The number of hydrogen-bond acceptors (Lipinski definition) is 4. The third-order valence-electron chi connectivity index (χ3n) is 17.0. The van der Waals surface area contributed by atoms with Crippen molar-refractivity contribution in [1.82, 2.24) is 20.4 Å². The molecule has 3 aliphatic rings. The first-order chi connectivity index (χ1) is 40.2. The first kappa shape index (κ1) is 57.6. The fourth-order valence-corrected chi connectivity index (χ4v) is 11.8. The zero-order chi connectivity index (χ0) is 58.1. The second-order valence-electron chi connectivity index (χ2n) is 22.7. The molecule has 0 bridgehead atoms. The minimum absolute atomic E-state index is 0.0700. The van der Waals surface area contributed by atoms with Crippen molar-refractivity contribution < 1.29 is 36.7 Å². The SMILES string of the molecule is CC(C)C(NC(=O)C1(c2ccc(F)cc2)CCN(C(=O)c2ccc(-c3ccc(F)cc3)cc2)CC1)c1ccccc1.O=C(c1ccc(-c2ccc(F)cc2)cc1)N1CCC(C(=O)NC(CC2CC2)c2ccccc2)(c2ccc(F)cc2)CC1. The average Bonchev–Trinajstić information content (AvgIpc) is 4.49. The van der Waals surface area contributed by atoms with E-state index in [0.717, 1.165) is 50.9 Å². The van der Waals surface area contributed by atoms with Gasteiger partial charge >= 0.3 is 0 Å². The van der Waals surface area contributed by atoms with Gasteiger partial charge in [0.25, 0.3) is 11.8 Å². The number of carbonyl (C=O) groups excluding carboxylic acids is 4. The molecule has 2 N–H and O–H groups in total. The number of rotatable bonds is 15. The van der Waals surface area contributed by atoms with Gasteiger partial charge in [-0.15, -0.1) is 0 Å². The van der Waals surface area contributed by atoms with Gasteiger partial charge in [-0.05, 0) is 161 Å². The van der Waals surface area contributed by atoms with E-state index in [1.807, 2.05) is 72.8 Å². The van der Waals surface area contributed by atoms with Gasteiger partial charge in [0.1, 0.15) is 23.3 Å². The summed E-state index contributed by atoms with van der Waals surface area (Å²) in [4.78, 5) is 58.8. The molecule has 8 aromatic rings. The van der Waals surface area contributed by atoms with Crippen molar-refractivity contribution in [3.8, 4) is 22.3 Å². The summed E-state index contributed by atoms with van der Waals surface area (Å²) in [5.41, 5.74) is 6.54. The molecule has 2 heterocycles. The Kier molecular flexibility index (Phi) is 17.8. The van der Waals surface area contributed by atoms with Gasteiger partial charge in [0.05, 0.1) is 22.9 Å². The molecule has 424 valence electrons. The third kappa shape index (κ3) is 13.5. The van der Waals surface area contributed by atoms with E-state index in [4.69, 9.17) is 0 Å². The van der Waals surface area contributed by atoms with E-state index in [1.54, 1.807) is 82.6 Å². The molecule has 83 heavy (non-hydrogen) atoms. The highest BCUT2D eigenvalue weighted by Crippen LogP contribution is 2.42. The van der Waals surface area contributed by atoms with E-state index >= 15 is 0 Å². The van der Waals surface area contributed by atoms with Crippen molar-refractivity contribution in [2.24, 2.45) is 11.8 Å².